The van der Waals surface area contributed by atoms with E-state index in [1.54, 1.807) is 0 Å². The van der Waals surface area contributed by atoms with Gasteiger partial charge in [-0.15, -0.1) is 0 Å². The van der Waals surface area contributed by atoms with Gasteiger partial charge in [-0.3, -0.25) is 4.79 Å². The van der Waals surface area contributed by atoms with Crippen LogP contribution >= 0.6 is 0 Å². The van der Waals surface area contributed by atoms with Crippen LogP contribution in [0.4, 0.5) is 5.69 Å². The number of hydrogen-bond acceptors (Lipinski definition) is 4. The van der Waals surface area contributed by atoms with E-state index in [0.29, 0.717) is 6.04 Å². The van der Waals surface area contributed by atoms with Crippen molar-refractivity contribution in [1.82, 2.24) is 9.88 Å². The molecule has 0 unspecified atom stereocenters. The van der Waals surface area contributed by atoms with E-state index in [1.807, 2.05) is 18.3 Å². The number of benzene rings is 1. The molecule has 1 fully saturated rings. The van der Waals surface area contributed by atoms with Crippen molar-refractivity contribution in [1.29, 1.82) is 0 Å². The number of aliphatic hydroxyl groups is 1. The van der Waals surface area contributed by atoms with E-state index in [9.17, 15) is 4.79 Å². The molecule has 0 radical (unpaired) electrons. The van der Waals surface area contributed by atoms with Crippen molar-refractivity contribution in [2.24, 2.45) is 0 Å². The lowest BCUT2D eigenvalue weighted by Crippen LogP contribution is -2.47. The van der Waals surface area contributed by atoms with Crippen molar-refractivity contribution >= 4 is 16.5 Å². The Balaban J connectivity index is 1.59. The van der Waals surface area contributed by atoms with Gasteiger partial charge in [-0.25, -0.2) is 0 Å². The molecule has 0 aliphatic carbocycles. The Kier molecular flexibility index (Phi) is 4.29. The normalized spacial score (nSPS) is 19.1. The average Bonchev–Trinajstić information content (AvgIpc) is 2.63. The van der Waals surface area contributed by atoms with E-state index in [1.165, 1.54) is 11.3 Å². The fraction of sp³-hybridized carbons (Fsp3) is 0.526. The number of nitrogens with zero attached hydrogens (tertiary/aromatic N) is 2. The van der Waals surface area contributed by atoms with Crippen LogP contribution in [-0.4, -0.2) is 53.8 Å². The summed E-state index contributed by atoms with van der Waals surface area (Å²) >= 11 is 0. The molecule has 2 aromatic rings. The Morgan fingerprint density at radius 3 is 2.83 bits per heavy atom. The number of likely N-dealkylation sites (tertiary alicyclic amines) is 1. The van der Waals surface area contributed by atoms with Crippen LogP contribution in [0.25, 0.3) is 10.8 Å². The number of hydrogen-bond donors (Lipinski definition) is 2. The first-order valence-electron chi connectivity index (χ1n) is 9.01. The lowest BCUT2D eigenvalue weighted by molar-refractivity contribution is 0.185. The van der Waals surface area contributed by atoms with Gasteiger partial charge >= 0.3 is 0 Å². The SMILES string of the molecule is O=c1[nH]cc2c3c(cccc13)N(C1CCN(CCCO)CC1)CC2. The number of aromatic amines is 1. The predicted octanol–water partition coefficient (Wildman–Crippen LogP) is 1.74. The van der Waals surface area contributed by atoms with Gasteiger partial charge < -0.3 is 19.9 Å². The molecule has 2 aliphatic heterocycles. The third kappa shape index (κ3) is 2.72. The molecule has 2 aliphatic rings. The van der Waals surface area contributed by atoms with Crippen LogP contribution in [0, 0.1) is 0 Å². The summed E-state index contributed by atoms with van der Waals surface area (Å²) in [4.78, 5) is 20.0. The molecule has 128 valence electrons. The van der Waals surface area contributed by atoms with Crippen LogP contribution in [0.3, 0.4) is 0 Å². The standard InChI is InChI=1S/C19H25N3O2/c23-12-2-8-21-9-6-15(7-10-21)22-11-5-14-13-20-19(24)16-3-1-4-17(22)18(14)16/h1,3-4,13,15,23H,2,5-12H2,(H,20,24). The van der Waals surface area contributed by atoms with Crippen LogP contribution in [0.15, 0.2) is 29.2 Å². The number of rotatable bonds is 4. The van der Waals surface area contributed by atoms with Gasteiger partial charge in [-0.1, -0.05) is 6.07 Å². The van der Waals surface area contributed by atoms with E-state index in [4.69, 9.17) is 5.11 Å². The molecule has 2 N–H and O–H groups in total. The molecule has 0 saturated carbocycles. The molecule has 0 bridgehead atoms. The van der Waals surface area contributed by atoms with Crippen molar-refractivity contribution in [3.63, 3.8) is 0 Å². The Morgan fingerprint density at radius 1 is 1.21 bits per heavy atom. The summed E-state index contributed by atoms with van der Waals surface area (Å²) in [5.41, 5.74) is 2.50. The molecule has 0 amide bonds. The summed E-state index contributed by atoms with van der Waals surface area (Å²) < 4.78 is 0. The smallest absolute Gasteiger partial charge is 0.255 e. The molecular formula is C19H25N3O2. The van der Waals surface area contributed by atoms with Crippen LogP contribution < -0.4 is 10.5 Å². The van der Waals surface area contributed by atoms with Crippen LogP contribution in [0.2, 0.25) is 0 Å². The molecule has 1 aromatic heterocycles. The summed E-state index contributed by atoms with van der Waals surface area (Å²) in [7, 11) is 0. The highest BCUT2D eigenvalue weighted by Gasteiger charge is 2.28. The molecule has 5 heteroatoms. The quantitative estimate of drug-likeness (QED) is 0.898. The first-order chi connectivity index (χ1) is 11.8. The van der Waals surface area contributed by atoms with Crippen LogP contribution in [-0.2, 0) is 6.42 Å². The lowest BCUT2D eigenvalue weighted by atomic mass is 9.94. The number of pyridine rings is 1. The van der Waals surface area contributed by atoms with Crippen molar-refractivity contribution < 1.29 is 5.11 Å². The predicted molar refractivity (Wildman–Crippen MR) is 96.8 cm³/mol. The third-order valence-electron chi connectivity index (χ3n) is 5.55. The highest BCUT2D eigenvalue weighted by atomic mass is 16.3. The van der Waals surface area contributed by atoms with Gasteiger partial charge in [0, 0.05) is 61.5 Å². The zero-order valence-corrected chi connectivity index (χ0v) is 14.0. The fourth-order valence-corrected chi connectivity index (χ4v) is 4.30. The van der Waals surface area contributed by atoms with E-state index in [0.717, 1.165) is 62.6 Å². The molecule has 1 saturated heterocycles. The number of piperidine rings is 1. The Hall–Kier alpha value is -1.85. The van der Waals surface area contributed by atoms with Crippen LogP contribution in [0.1, 0.15) is 24.8 Å². The van der Waals surface area contributed by atoms with Crippen molar-refractivity contribution in [3.8, 4) is 0 Å². The number of nitrogens with one attached hydrogen (secondary N) is 1. The van der Waals surface area contributed by atoms with Crippen molar-refractivity contribution in [2.45, 2.75) is 31.7 Å². The van der Waals surface area contributed by atoms with Crippen molar-refractivity contribution in [2.75, 3.05) is 37.7 Å². The monoisotopic (exact) mass is 327 g/mol. The van der Waals surface area contributed by atoms with E-state index in [-0.39, 0.29) is 12.2 Å². The topological polar surface area (TPSA) is 59.6 Å². The number of aliphatic hydroxyl groups excluding tert-OH is 1. The summed E-state index contributed by atoms with van der Waals surface area (Å²) in [6.07, 6.45) is 6.06. The zero-order valence-electron chi connectivity index (χ0n) is 14.0. The average molecular weight is 327 g/mol. The molecule has 0 spiro atoms. The Bertz CT molecular complexity index is 778. The lowest BCUT2D eigenvalue weighted by Gasteiger charge is -2.42. The summed E-state index contributed by atoms with van der Waals surface area (Å²) in [6.45, 7) is 4.49. The first kappa shape index (κ1) is 15.7. The van der Waals surface area contributed by atoms with E-state index in [2.05, 4.69) is 20.9 Å². The second kappa shape index (κ2) is 6.57. The Labute approximate surface area is 141 Å². The van der Waals surface area contributed by atoms with Gasteiger partial charge in [0.25, 0.3) is 5.56 Å². The Morgan fingerprint density at radius 2 is 2.04 bits per heavy atom. The minimum absolute atomic E-state index is 0.0104. The first-order valence-corrected chi connectivity index (χ1v) is 9.01. The maximum Gasteiger partial charge on any atom is 0.255 e. The minimum atomic E-state index is 0.0104. The van der Waals surface area contributed by atoms with E-state index >= 15 is 0 Å². The van der Waals surface area contributed by atoms with Gasteiger partial charge in [0.1, 0.15) is 0 Å². The van der Waals surface area contributed by atoms with Gasteiger partial charge in [-0.2, -0.15) is 0 Å². The third-order valence-corrected chi connectivity index (χ3v) is 5.55. The second-order valence-electron chi connectivity index (χ2n) is 6.94. The number of anilines is 1. The molecule has 3 heterocycles. The molecule has 5 nitrogen and oxygen atoms in total. The van der Waals surface area contributed by atoms with E-state index < -0.39 is 0 Å². The molecule has 24 heavy (non-hydrogen) atoms. The second-order valence-corrected chi connectivity index (χ2v) is 6.94. The van der Waals surface area contributed by atoms with Crippen molar-refractivity contribution in [3.05, 3.63) is 40.3 Å². The zero-order chi connectivity index (χ0) is 16.5. The molecule has 4 rings (SSSR count). The van der Waals surface area contributed by atoms with Gasteiger partial charge in [0.15, 0.2) is 0 Å². The number of H-pyrrole nitrogens is 1. The summed E-state index contributed by atoms with van der Waals surface area (Å²) in [5.74, 6) is 0. The summed E-state index contributed by atoms with van der Waals surface area (Å²) in [5, 5.41) is 11.0. The summed E-state index contributed by atoms with van der Waals surface area (Å²) in [6, 6.07) is 6.66. The molecule has 1 aromatic carbocycles. The number of aromatic nitrogens is 1. The van der Waals surface area contributed by atoms with Gasteiger partial charge in [-0.05, 0) is 43.4 Å². The highest BCUT2D eigenvalue weighted by Crippen LogP contribution is 2.35. The molecule has 0 atom stereocenters. The van der Waals surface area contributed by atoms with Gasteiger partial charge in [0.05, 0.1) is 0 Å². The molecular weight excluding hydrogens is 302 g/mol. The maximum atomic E-state index is 12.1. The largest absolute Gasteiger partial charge is 0.396 e. The van der Waals surface area contributed by atoms with Crippen LogP contribution in [0.5, 0.6) is 0 Å². The maximum absolute atomic E-state index is 12.1. The van der Waals surface area contributed by atoms with Gasteiger partial charge in [0.2, 0.25) is 0 Å². The highest BCUT2D eigenvalue weighted by molar-refractivity contribution is 5.97. The minimum Gasteiger partial charge on any atom is -0.396 e. The fourth-order valence-electron chi connectivity index (χ4n) is 4.30.